The van der Waals surface area contributed by atoms with Crippen LogP contribution in [0, 0.1) is 0 Å². The van der Waals surface area contributed by atoms with Crippen molar-refractivity contribution in [2.24, 2.45) is 0 Å². The van der Waals surface area contributed by atoms with Gasteiger partial charge in [0.15, 0.2) is 5.82 Å². The number of rotatable bonds is 10. The summed E-state index contributed by atoms with van der Waals surface area (Å²) in [5.41, 5.74) is 0.562. The second kappa shape index (κ2) is 11.5. The molecule has 0 spiro atoms. The molecular formula is C26H37F2N5O5S. The van der Waals surface area contributed by atoms with E-state index < -0.39 is 39.9 Å². The first-order valence-corrected chi connectivity index (χ1v) is 14.7. The Morgan fingerprint density at radius 3 is 2.54 bits per heavy atom. The number of ether oxygens (including phenoxy) is 1. The smallest absolute Gasteiger partial charge is 0.319 e. The third-order valence-corrected chi connectivity index (χ3v) is 9.63. The van der Waals surface area contributed by atoms with Crippen LogP contribution in [0.4, 0.5) is 25.1 Å². The van der Waals surface area contributed by atoms with Gasteiger partial charge in [-0.15, -0.1) is 0 Å². The van der Waals surface area contributed by atoms with E-state index in [9.17, 15) is 27.8 Å². The standard InChI is InChI=1S/C26H37F2N5O5S/c1-17-16-38-12-11-33(17)22-14-20(26(8-9-26)39(36,37)13-10-25(2,3)35)31-23(32-22)18-4-6-19(7-5-18)30-24(34)29-15-21(27)28/h4-7,14,17,21,35-37H,8-13,15-16H2,1-3H3,(H2,29,30,34)/t17-/m0/s1. The number of carbonyl (C=O) groups is 1. The van der Waals surface area contributed by atoms with Crippen molar-refractivity contribution in [2.45, 2.75) is 62.8 Å². The third kappa shape index (κ3) is 7.14. The van der Waals surface area contributed by atoms with Crippen LogP contribution in [0.1, 0.15) is 45.7 Å². The number of nitrogens with one attached hydrogen (secondary N) is 2. The molecule has 0 radical (unpaired) electrons. The fraction of sp³-hybridized carbons (Fsp3) is 0.577. The number of alkyl halides is 2. The van der Waals surface area contributed by atoms with Gasteiger partial charge in [0.25, 0.3) is 6.43 Å². The van der Waals surface area contributed by atoms with E-state index in [2.05, 4.69) is 15.5 Å². The summed E-state index contributed by atoms with van der Waals surface area (Å²) >= 11 is 0. The number of amides is 2. The Morgan fingerprint density at radius 2 is 1.95 bits per heavy atom. The number of hydrogen-bond acceptors (Lipinski definition) is 8. The molecule has 2 heterocycles. The summed E-state index contributed by atoms with van der Waals surface area (Å²) < 4.78 is 51.9. The summed E-state index contributed by atoms with van der Waals surface area (Å²) in [6, 6.07) is 7.80. The number of aromatic nitrogens is 2. The topological polar surface area (TPSA) is 140 Å². The quantitative estimate of drug-likeness (QED) is 0.278. The molecule has 39 heavy (non-hydrogen) atoms. The van der Waals surface area contributed by atoms with Crippen molar-refractivity contribution in [3.63, 3.8) is 0 Å². The van der Waals surface area contributed by atoms with Crippen LogP contribution in [-0.2, 0) is 9.48 Å². The van der Waals surface area contributed by atoms with Gasteiger partial charge in [0, 0.05) is 29.6 Å². The van der Waals surface area contributed by atoms with Gasteiger partial charge in [-0.1, -0.05) is 0 Å². The van der Waals surface area contributed by atoms with Crippen molar-refractivity contribution in [1.82, 2.24) is 15.3 Å². The minimum atomic E-state index is -3.13. The van der Waals surface area contributed by atoms with Gasteiger partial charge in [-0.05, 0) is 64.3 Å². The van der Waals surface area contributed by atoms with Gasteiger partial charge in [0.2, 0.25) is 0 Å². The van der Waals surface area contributed by atoms with Crippen LogP contribution in [-0.4, -0.2) is 80.3 Å². The Balaban J connectivity index is 1.65. The number of carbonyl (C=O) groups excluding carboxylic acids is 1. The normalized spacial score (nSPS) is 19.6. The number of hydrogen-bond donors (Lipinski definition) is 5. The van der Waals surface area contributed by atoms with E-state index in [1.54, 1.807) is 38.1 Å². The molecule has 4 rings (SSSR count). The zero-order valence-electron chi connectivity index (χ0n) is 22.4. The molecule has 1 aliphatic heterocycles. The van der Waals surface area contributed by atoms with Gasteiger partial charge >= 0.3 is 6.03 Å². The van der Waals surface area contributed by atoms with E-state index in [-0.39, 0.29) is 18.2 Å². The highest BCUT2D eigenvalue weighted by molar-refractivity contribution is 8.25. The second-order valence-electron chi connectivity index (χ2n) is 10.8. The molecule has 1 aromatic carbocycles. The van der Waals surface area contributed by atoms with E-state index in [0.29, 0.717) is 61.2 Å². The fourth-order valence-electron chi connectivity index (χ4n) is 4.51. The van der Waals surface area contributed by atoms with E-state index in [1.807, 2.05) is 13.0 Å². The Morgan fingerprint density at radius 1 is 1.26 bits per heavy atom. The highest BCUT2D eigenvalue weighted by atomic mass is 32.3. The zero-order chi connectivity index (χ0) is 28.4. The van der Waals surface area contributed by atoms with Crippen molar-refractivity contribution >= 4 is 28.1 Å². The van der Waals surface area contributed by atoms with Crippen LogP contribution >= 0.6 is 10.6 Å². The number of morpholine rings is 1. The Labute approximate surface area is 228 Å². The number of urea groups is 1. The highest BCUT2D eigenvalue weighted by Crippen LogP contribution is 2.72. The molecule has 2 aromatic rings. The summed E-state index contributed by atoms with van der Waals surface area (Å²) in [5, 5.41) is 14.8. The molecule has 10 nitrogen and oxygen atoms in total. The summed E-state index contributed by atoms with van der Waals surface area (Å²) in [7, 11) is -3.13. The first kappa shape index (κ1) is 29.4. The molecule has 1 aliphatic carbocycles. The number of anilines is 2. The lowest BCUT2D eigenvalue weighted by Gasteiger charge is -2.42. The second-order valence-corrected chi connectivity index (χ2v) is 13.3. The van der Waals surface area contributed by atoms with Crippen molar-refractivity contribution in [3.05, 3.63) is 36.0 Å². The minimum absolute atomic E-state index is 0.0541. The summed E-state index contributed by atoms with van der Waals surface area (Å²) in [6.07, 6.45) is -1.28. The van der Waals surface area contributed by atoms with Crippen molar-refractivity contribution in [2.75, 3.05) is 42.3 Å². The van der Waals surface area contributed by atoms with Crippen LogP contribution < -0.4 is 15.5 Å². The minimum Gasteiger partial charge on any atom is -0.390 e. The molecule has 1 aromatic heterocycles. The monoisotopic (exact) mass is 569 g/mol. The molecule has 2 amide bonds. The largest absolute Gasteiger partial charge is 0.390 e. The average molecular weight is 570 g/mol. The van der Waals surface area contributed by atoms with Crippen molar-refractivity contribution in [3.8, 4) is 11.4 Å². The first-order chi connectivity index (χ1) is 18.3. The van der Waals surface area contributed by atoms with Gasteiger partial charge in [0.1, 0.15) is 10.6 Å². The Bertz CT molecular complexity index is 1160. The van der Waals surface area contributed by atoms with Crippen LogP contribution in [0.2, 0.25) is 0 Å². The summed E-state index contributed by atoms with van der Waals surface area (Å²) in [6.45, 7) is 6.27. The van der Waals surface area contributed by atoms with Crippen LogP contribution in [0.5, 0.6) is 0 Å². The summed E-state index contributed by atoms with van der Waals surface area (Å²) in [4.78, 5) is 23.6. The van der Waals surface area contributed by atoms with Gasteiger partial charge in [-0.2, -0.15) is 10.6 Å². The van der Waals surface area contributed by atoms with E-state index in [1.165, 1.54) is 0 Å². The molecular weight excluding hydrogens is 532 g/mol. The van der Waals surface area contributed by atoms with E-state index >= 15 is 0 Å². The van der Waals surface area contributed by atoms with E-state index in [4.69, 9.17) is 14.7 Å². The number of benzene rings is 1. The first-order valence-electron chi connectivity index (χ1n) is 12.9. The number of nitrogens with zero attached hydrogens (tertiary/aromatic N) is 3. The molecule has 216 valence electrons. The lowest BCUT2D eigenvalue weighted by Crippen LogP contribution is -2.44. The molecule has 1 saturated heterocycles. The lowest BCUT2D eigenvalue weighted by atomic mass is 10.1. The van der Waals surface area contributed by atoms with Crippen molar-refractivity contribution < 1.29 is 32.5 Å². The van der Waals surface area contributed by atoms with Crippen molar-refractivity contribution in [1.29, 1.82) is 0 Å². The average Bonchev–Trinajstić information content (AvgIpc) is 3.70. The van der Waals surface area contributed by atoms with Crippen LogP contribution in [0.3, 0.4) is 0 Å². The maximum Gasteiger partial charge on any atom is 0.319 e. The Kier molecular flexibility index (Phi) is 8.67. The number of aliphatic hydroxyl groups is 1. The molecule has 1 atom stereocenters. The molecule has 5 N–H and O–H groups in total. The van der Waals surface area contributed by atoms with Crippen LogP contribution in [0.15, 0.2) is 30.3 Å². The van der Waals surface area contributed by atoms with Gasteiger partial charge in [-0.25, -0.2) is 23.5 Å². The molecule has 0 bridgehead atoms. The Hall–Kier alpha value is -2.58. The van der Waals surface area contributed by atoms with Gasteiger partial charge < -0.3 is 25.4 Å². The predicted octanol–water partition coefficient (Wildman–Crippen LogP) is 4.66. The zero-order valence-corrected chi connectivity index (χ0v) is 23.2. The molecule has 2 fully saturated rings. The maximum absolute atomic E-state index is 12.3. The lowest BCUT2D eigenvalue weighted by molar-refractivity contribution is 0.0765. The van der Waals surface area contributed by atoms with Gasteiger partial charge in [0.05, 0.1) is 37.1 Å². The third-order valence-electron chi connectivity index (χ3n) is 6.99. The molecule has 1 saturated carbocycles. The highest BCUT2D eigenvalue weighted by Gasteiger charge is 2.56. The summed E-state index contributed by atoms with van der Waals surface area (Å²) in [5.74, 6) is 1.11. The molecule has 2 aliphatic rings. The number of halogens is 2. The van der Waals surface area contributed by atoms with Gasteiger partial charge in [-0.3, -0.25) is 9.11 Å². The predicted molar refractivity (Wildman–Crippen MR) is 148 cm³/mol. The molecule has 0 unspecified atom stereocenters. The fourth-order valence-corrected chi connectivity index (χ4v) is 6.88. The molecule has 13 heteroatoms. The van der Waals surface area contributed by atoms with E-state index in [0.717, 1.165) is 0 Å². The van der Waals surface area contributed by atoms with Crippen LogP contribution in [0.25, 0.3) is 11.4 Å². The maximum atomic E-state index is 12.3. The SMILES string of the molecule is C[C@H]1COCCN1c1cc(C2(S(O)(O)CCC(C)(C)O)CC2)nc(-c2ccc(NC(=O)NCC(F)F)cc2)n1.